The molecule has 0 fully saturated rings. The Morgan fingerprint density at radius 2 is 1.90 bits per heavy atom. The fourth-order valence-corrected chi connectivity index (χ4v) is 3.55. The Hall–Kier alpha value is -1.32. The zero-order chi connectivity index (χ0) is 14.8. The molecule has 1 heterocycles. The maximum Gasteiger partial charge on any atom is 0.0762 e. The standard InChI is InChI=1S/C18H20BrNO/c1-13(21)15-9-10-18(16(19)12-15)20-11-5-4-7-14-6-2-3-8-17(14)20/h2-3,6,8-10,12-13,21H,4-5,7,11H2,1H3/t13-/m0/s1. The number of nitrogens with zero attached hydrogens (tertiary/aromatic N) is 1. The highest BCUT2D eigenvalue weighted by Crippen LogP contribution is 2.37. The Labute approximate surface area is 134 Å². The lowest BCUT2D eigenvalue weighted by molar-refractivity contribution is 0.199. The molecular formula is C18H20BrNO. The molecule has 1 N–H and O–H groups in total. The van der Waals surface area contributed by atoms with E-state index in [1.54, 1.807) is 6.92 Å². The van der Waals surface area contributed by atoms with Crippen LogP contribution in [0, 0.1) is 0 Å². The Morgan fingerprint density at radius 1 is 1.10 bits per heavy atom. The van der Waals surface area contributed by atoms with Crippen LogP contribution in [-0.2, 0) is 6.42 Å². The highest BCUT2D eigenvalue weighted by atomic mass is 79.9. The molecule has 110 valence electrons. The van der Waals surface area contributed by atoms with Gasteiger partial charge in [0, 0.05) is 16.7 Å². The maximum absolute atomic E-state index is 9.72. The summed E-state index contributed by atoms with van der Waals surface area (Å²) in [4.78, 5) is 2.39. The van der Waals surface area contributed by atoms with Crippen molar-refractivity contribution in [2.45, 2.75) is 32.3 Å². The number of aliphatic hydroxyl groups excluding tert-OH is 1. The van der Waals surface area contributed by atoms with Crippen molar-refractivity contribution in [2.24, 2.45) is 0 Å². The van der Waals surface area contributed by atoms with Crippen molar-refractivity contribution in [3.63, 3.8) is 0 Å². The van der Waals surface area contributed by atoms with Gasteiger partial charge in [0.25, 0.3) is 0 Å². The lowest BCUT2D eigenvalue weighted by Gasteiger charge is -2.26. The Morgan fingerprint density at radius 3 is 2.67 bits per heavy atom. The summed E-state index contributed by atoms with van der Waals surface area (Å²) in [5.41, 5.74) is 4.84. The molecule has 1 aliphatic heterocycles. The molecule has 0 saturated heterocycles. The first kappa shape index (κ1) is 14.6. The third kappa shape index (κ3) is 2.99. The van der Waals surface area contributed by atoms with Gasteiger partial charge in [-0.25, -0.2) is 0 Å². The van der Waals surface area contributed by atoms with E-state index in [2.05, 4.69) is 51.2 Å². The van der Waals surface area contributed by atoms with Gasteiger partial charge < -0.3 is 10.0 Å². The lowest BCUT2D eigenvalue weighted by atomic mass is 10.1. The van der Waals surface area contributed by atoms with Crippen LogP contribution < -0.4 is 4.90 Å². The minimum atomic E-state index is -0.438. The average molecular weight is 346 g/mol. The first-order valence-corrected chi connectivity index (χ1v) is 8.29. The fraction of sp³-hybridized carbons (Fsp3) is 0.333. The number of fused-ring (bicyclic) bond motifs is 1. The van der Waals surface area contributed by atoms with Crippen molar-refractivity contribution in [1.82, 2.24) is 0 Å². The quantitative estimate of drug-likeness (QED) is 0.829. The third-order valence-electron chi connectivity index (χ3n) is 4.11. The molecule has 1 atom stereocenters. The molecule has 0 bridgehead atoms. The lowest BCUT2D eigenvalue weighted by Crippen LogP contribution is -2.18. The van der Waals surface area contributed by atoms with Gasteiger partial charge in [-0.15, -0.1) is 0 Å². The van der Waals surface area contributed by atoms with Crippen LogP contribution in [0.2, 0.25) is 0 Å². The predicted molar refractivity (Wildman–Crippen MR) is 91.2 cm³/mol. The van der Waals surface area contributed by atoms with Gasteiger partial charge in [-0.2, -0.15) is 0 Å². The molecule has 21 heavy (non-hydrogen) atoms. The van der Waals surface area contributed by atoms with E-state index in [1.807, 2.05) is 12.1 Å². The molecule has 0 amide bonds. The number of hydrogen-bond acceptors (Lipinski definition) is 2. The van der Waals surface area contributed by atoms with Crippen molar-refractivity contribution in [2.75, 3.05) is 11.4 Å². The summed E-state index contributed by atoms with van der Waals surface area (Å²) < 4.78 is 1.04. The van der Waals surface area contributed by atoms with Gasteiger partial charge in [0.2, 0.25) is 0 Å². The topological polar surface area (TPSA) is 23.5 Å². The number of halogens is 1. The highest BCUT2D eigenvalue weighted by molar-refractivity contribution is 9.10. The molecule has 0 saturated carbocycles. The van der Waals surface area contributed by atoms with E-state index >= 15 is 0 Å². The van der Waals surface area contributed by atoms with Crippen LogP contribution in [0.3, 0.4) is 0 Å². The molecule has 2 aromatic rings. The molecule has 1 aliphatic rings. The summed E-state index contributed by atoms with van der Waals surface area (Å²) in [5.74, 6) is 0. The average Bonchev–Trinajstić information content (AvgIpc) is 2.69. The number of rotatable bonds is 2. The molecule has 0 unspecified atom stereocenters. The van der Waals surface area contributed by atoms with Gasteiger partial charge in [0.1, 0.15) is 0 Å². The van der Waals surface area contributed by atoms with Crippen LogP contribution in [0.1, 0.15) is 37.0 Å². The second-order valence-electron chi connectivity index (χ2n) is 5.62. The normalized spacial score (nSPS) is 16.2. The van der Waals surface area contributed by atoms with E-state index in [9.17, 15) is 5.11 Å². The summed E-state index contributed by atoms with van der Waals surface area (Å²) in [5, 5.41) is 9.72. The molecule has 3 rings (SSSR count). The molecule has 2 aromatic carbocycles. The van der Waals surface area contributed by atoms with Crippen molar-refractivity contribution >= 4 is 27.3 Å². The number of para-hydroxylation sites is 1. The second-order valence-corrected chi connectivity index (χ2v) is 6.48. The summed E-state index contributed by atoms with van der Waals surface area (Å²) >= 11 is 3.68. The van der Waals surface area contributed by atoms with E-state index in [1.165, 1.54) is 29.8 Å². The summed E-state index contributed by atoms with van der Waals surface area (Å²) in [6.45, 7) is 2.83. The van der Waals surface area contributed by atoms with Gasteiger partial charge in [-0.05, 0) is 71.4 Å². The first-order valence-electron chi connectivity index (χ1n) is 7.50. The molecule has 3 heteroatoms. The van der Waals surface area contributed by atoms with Crippen molar-refractivity contribution in [3.8, 4) is 0 Å². The minimum Gasteiger partial charge on any atom is -0.389 e. The Bertz CT molecular complexity index is 639. The second kappa shape index (κ2) is 6.20. The van der Waals surface area contributed by atoms with Gasteiger partial charge >= 0.3 is 0 Å². The van der Waals surface area contributed by atoms with Gasteiger partial charge in [0.05, 0.1) is 11.8 Å². The zero-order valence-electron chi connectivity index (χ0n) is 12.2. The van der Waals surface area contributed by atoms with Gasteiger partial charge in [-0.1, -0.05) is 24.3 Å². The van der Waals surface area contributed by atoms with E-state index in [0.29, 0.717) is 0 Å². The summed E-state index contributed by atoms with van der Waals surface area (Å²) in [7, 11) is 0. The van der Waals surface area contributed by atoms with Gasteiger partial charge in [0.15, 0.2) is 0 Å². The van der Waals surface area contributed by atoms with E-state index in [4.69, 9.17) is 0 Å². The first-order chi connectivity index (χ1) is 10.2. The van der Waals surface area contributed by atoms with E-state index < -0.39 is 6.10 Å². The largest absolute Gasteiger partial charge is 0.389 e. The number of hydrogen-bond donors (Lipinski definition) is 1. The third-order valence-corrected chi connectivity index (χ3v) is 4.74. The Kier molecular flexibility index (Phi) is 4.32. The molecule has 2 nitrogen and oxygen atoms in total. The highest BCUT2D eigenvalue weighted by Gasteiger charge is 2.18. The minimum absolute atomic E-state index is 0.438. The van der Waals surface area contributed by atoms with Crippen LogP contribution in [0.25, 0.3) is 0 Å². The number of aliphatic hydroxyl groups is 1. The number of aryl methyl sites for hydroxylation is 1. The van der Waals surface area contributed by atoms with Crippen LogP contribution in [0.4, 0.5) is 11.4 Å². The SMILES string of the molecule is C[C@H](O)c1ccc(N2CCCCc3ccccc32)c(Br)c1. The molecule has 0 aromatic heterocycles. The molecule has 0 radical (unpaired) electrons. The van der Waals surface area contributed by atoms with Crippen molar-refractivity contribution < 1.29 is 5.11 Å². The van der Waals surface area contributed by atoms with Crippen LogP contribution in [0.5, 0.6) is 0 Å². The van der Waals surface area contributed by atoms with E-state index in [0.717, 1.165) is 23.0 Å². The van der Waals surface area contributed by atoms with Crippen LogP contribution in [-0.4, -0.2) is 11.7 Å². The zero-order valence-corrected chi connectivity index (χ0v) is 13.8. The van der Waals surface area contributed by atoms with Crippen molar-refractivity contribution in [1.29, 1.82) is 0 Å². The monoisotopic (exact) mass is 345 g/mol. The smallest absolute Gasteiger partial charge is 0.0762 e. The van der Waals surface area contributed by atoms with E-state index in [-0.39, 0.29) is 0 Å². The number of benzene rings is 2. The number of anilines is 2. The molecular weight excluding hydrogens is 326 g/mol. The molecule has 0 aliphatic carbocycles. The predicted octanol–water partition coefficient (Wildman–Crippen LogP) is 4.98. The van der Waals surface area contributed by atoms with Crippen LogP contribution in [0.15, 0.2) is 46.9 Å². The van der Waals surface area contributed by atoms with Crippen molar-refractivity contribution in [3.05, 3.63) is 58.1 Å². The maximum atomic E-state index is 9.72. The molecule has 0 spiro atoms. The van der Waals surface area contributed by atoms with Gasteiger partial charge in [-0.3, -0.25) is 0 Å². The van der Waals surface area contributed by atoms with Crippen LogP contribution >= 0.6 is 15.9 Å². The summed E-state index contributed by atoms with van der Waals surface area (Å²) in [6.07, 6.45) is 3.14. The summed E-state index contributed by atoms with van der Waals surface area (Å²) in [6, 6.07) is 14.8. The Balaban J connectivity index is 2.04. The fourth-order valence-electron chi connectivity index (χ4n) is 2.94.